The zero-order chi connectivity index (χ0) is 22.0. The fourth-order valence-electron chi connectivity index (χ4n) is 3.41. The molecule has 3 aromatic rings. The van der Waals surface area contributed by atoms with Gasteiger partial charge in [-0.2, -0.15) is 0 Å². The minimum absolute atomic E-state index is 0.154. The number of fused-ring (bicyclic) bond motifs is 1. The van der Waals surface area contributed by atoms with Crippen molar-refractivity contribution < 1.29 is 17.9 Å². The first kappa shape index (κ1) is 21.6. The summed E-state index contributed by atoms with van der Waals surface area (Å²) in [6, 6.07) is 9.90. The smallest absolute Gasteiger partial charge is 0.211 e. The number of aromatic nitrogens is 1. The third-order valence-electron chi connectivity index (χ3n) is 4.76. The second kappa shape index (κ2) is 8.85. The molecule has 160 valence electrons. The number of nitrogens with zero attached hydrogens (tertiary/aromatic N) is 3. The lowest BCUT2D eigenvalue weighted by molar-refractivity contribution is 0.0809. The average molecular weight is 476 g/mol. The van der Waals surface area contributed by atoms with Gasteiger partial charge < -0.3 is 14.4 Å². The Balaban J connectivity index is 1.76. The molecule has 2 heterocycles. The van der Waals surface area contributed by atoms with Gasteiger partial charge in [0, 0.05) is 35.5 Å². The number of anilines is 2. The van der Waals surface area contributed by atoms with Crippen LogP contribution in [-0.4, -0.2) is 39.8 Å². The van der Waals surface area contributed by atoms with E-state index < -0.39 is 9.84 Å². The second-order valence-electron chi connectivity index (χ2n) is 6.87. The summed E-state index contributed by atoms with van der Waals surface area (Å²) in [7, 11) is -2.02. The Kier molecular flexibility index (Phi) is 6.16. The number of sulfone groups is 1. The number of thiazole rings is 1. The maximum atomic E-state index is 12.9. The van der Waals surface area contributed by atoms with E-state index in [9.17, 15) is 8.42 Å². The van der Waals surface area contributed by atoms with Crippen molar-refractivity contribution in [2.45, 2.75) is 16.8 Å². The van der Waals surface area contributed by atoms with Gasteiger partial charge in [0.2, 0.25) is 5.69 Å². The number of methoxy groups -OCH3 is 1. The van der Waals surface area contributed by atoms with Gasteiger partial charge in [-0.05, 0) is 30.3 Å². The summed E-state index contributed by atoms with van der Waals surface area (Å²) >= 11 is 7.36. The summed E-state index contributed by atoms with van der Waals surface area (Å²) in [5, 5.41) is 2.75. The van der Waals surface area contributed by atoms with E-state index in [2.05, 4.69) is 9.83 Å². The van der Waals surface area contributed by atoms with Crippen LogP contribution in [0.1, 0.15) is 5.01 Å². The van der Waals surface area contributed by atoms with E-state index in [4.69, 9.17) is 27.6 Å². The van der Waals surface area contributed by atoms with Crippen molar-refractivity contribution in [3.8, 4) is 5.75 Å². The van der Waals surface area contributed by atoms with Crippen LogP contribution < -0.4 is 9.64 Å². The Morgan fingerprint density at radius 3 is 2.84 bits per heavy atom. The molecule has 1 atom stereocenters. The molecule has 0 saturated heterocycles. The Labute approximate surface area is 189 Å². The van der Waals surface area contributed by atoms with Gasteiger partial charge in [0.1, 0.15) is 22.6 Å². The van der Waals surface area contributed by atoms with E-state index in [0.717, 1.165) is 0 Å². The quantitative estimate of drug-likeness (QED) is 0.474. The zero-order valence-electron chi connectivity index (χ0n) is 16.5. The Morgan fingerprint density at radius 1 is 1.32 bits per heavy atom. The Hall–Kier alpha value is -2.64. The lowest BCUT2D eigenvalue weighted by Gasteiger charge is -2.37. The molecule has 0 spiro atoms. The van der Waals surface area contributed by atoms with E-state index in [0.29, 0.717) is 46.0 Å². The SMILES string of the molecule is [C-]#[N+]c1cc(Cl)ccc1N1CC(COC)Oc2cc(S(=O)(=O)Cc3nccs3)ccc21. The van der Waals surface area contributed by atoms with Crippen molar-refractivity contribution in [2.24, 2.45) is 0 Å². The number of hydrogen-bond donors (Lipinski definition) is 0. The first-order chi connectivity index (χ1) is 14.9. The summed E-state index contributed by atoms with van der Waals surface area (Å²) in [4.78, 5) is 9.76. The van der Waals surface area contributed by atoms with Crippen molar-refractivity contribution in [2.75, 3.05) is 25.2 Å². The van der Waals surface area contributed by atoms with Crippen molar-refractivity contribution in [1.29, 1.82) is 0 Å². The highest BCUT2D eigenvalue weighted by molar-refractivity contribution is 7.90. The third kappa shape index (κ3) is 4.52. The molecule has 1 aromatic heterocycles. The predicted octanol–water partition coefficient (Wildman–Crippen LogP) is 4.87. The van der Waals surface area contributed by atoms with Crippen LogP contribution in [0, 0.1) is 6.57 Å². The fourth-order valence-corrected chi connectivity index (χ4v) is 5.84. The molecule has 0 aliphatic carbocycles. The van der Waals surface area contributed by atoms with E-state index >= 15 is 0 Å². The van der Waals surface area contributed by atoms with E-state index in [1.165, 1.54) is 17.4 Å². The minimum atomic E-state index is -3.59. The number of benzene rings is 2. The molecular formula is C21H18ClN3O4S2. The molecule has 0 amide bonds. The monoisotopic (exact) mass is 475 g/mol. The first-order valence-electron chi connectivity index (χ1n) is 9.26. The molecule has 1 aliphatic heterocycles. The van der Waals surface area contributed by atoms with Gasteiger partial charge in [0.15, 0.2) is 9.84 Å². The van der Waals surface area contributed by atoms with Crippen LogP contribution in [0.4, 0.5) is 17.1 Å². The van der Waals surface area contributed by atoms with Crippen molar-refractivity contribution in [3.63, 3.8) is 0 Å². The largest absolute Gasteiger partial charge is 0.484 e. The zero-order valence-corrected chi connectivity index (χ0v) is 18.9. The van der Waals surface area contributed by atoms with Crippen molar-refractivity contribution in [1.82, 2.24) is 4.98 Å². The molecule has 31 heavy (non-hydrogen) atoms. The van der Waals surface area contributed by atoms with E-state index in [-0.39, 0.29) is 16.8 Å². The Bertz CT molecular complexity index is 1240. The van der Waals surface area contributed by atoms with Gasteiger partial charge in [-0.1, -0.05) is 11.6 Å². The highest BCUT2D eigenvalue weighted by Gasteiger charge is 2.30. The number of rotatable bonds is 6. The van der Waals surface area contributed by atoms with E-state index in [1.54, 1.807) is 49.0 Å². The highest BCUT2D eigenvalue weighted by Crippen LogP contribution is 2.43. The fraction of sp³-hybridized carbons (Fsp3) is 0.238. The van der Waals surface area contributed by atoms with Gasteiger partial charge >= 0.3 is 0 Å². The van der Waals surface area contributed by atoms with Gasteiger partial charge in [-0.15, -0.1) is 11.3 Å². The normalized spacial score (nSPS) is 15.8. The summed E-state index contributed by atoms with van der Waals surface area (Å²) in [6.45, 7) is 8.28. The lowest BCUT2D eigenvalue weighted by atomic mass is 10.1. The number of ether oxygens (including phenoxy) is 2. The van der Waals surface area contributed by atoms with Crippen LogP contribution in [0.5, 0.6) is 5.75 Å². The van der Waals surface area contributed by atoms with Crippen LogP contribution in [0.25, 0.3) is 4.85 Å². The lowest BCUT2D eigenvalue weighted by Crippen LogP contribution is -2.40. The van der Waals surface area contributed by atoms with Gasteiger partial charge in [-0.3, -0.25) is 0 Å². The third-order valence-corrected chi connectivity index (χ3v) is 7.58. The van der Waals surface area contributed by atoms with Crippen molar-refractivity contribution >= 4 is 49.8 Å². The molecule has 0 N–H and O–H groups in total. The molecule has 0 bridgehead atoms. The van der Waals surface area contributed by atoms with Crippen molar-refractivity contribution in [3.05, 3.63) is 69.4 Å². The summed E-state index contributed by atoms with van der Waals surface area (Å²) < 4.78 is 37.1. The van der Waals surface area contributed by atoms with Gasteiger partial charge in [-0.25, -0.2) is 18.2 Å². The van der Waals surface area contributed by atoms with Crippen LogP contribution in [-0.2, 0) is 20.3 Å². The molecular weight excluding hydrogens is 458 g/mol. The molecule has 1 unspecified atom stereocenters. The predicted molar refractivity (Wildman–Crippen MR) is 120 cm³/mol. The van der Waals surface area contributed by atoms with Gasteiger partial charge in [0.05, 0.1) is 30.3 Å². The molecule has 0 radical (unpaired) electrons. The molecule has 4 rings (SSSR count). The summed E-state index contributed by atoms with van der Waals surface area (Å²) in [5.41, 5.74) is 1.74. The second-order valence-corrected chi connectivity index (χ2v) is 10.3. The molecule has 1 aliphatic rings. The van der Waals surface area contributed by atoms with Crippen LogP contribution in [0.15, 0.2) is 52.9 Å². The minimum Gasteiger partial charge on any atom is -0.484 e. The standard InChI is InChI=1S/C21H18ClN3O4S2/c1-23-17-9-14(22)3-5-18(17)25-11-15(12-28-2)29-20-10-16(4-6-19(20)25)31(26,27)13-21-24-7-8-30-21/h3-10,15H,11-13H2,2H3. The number of hydrogen-bond acceptors (Lipinski definition) is 7. The van der Waals surface area contributed by atoms with Crippen LogP contribution >= 0.6 is 22.9 Å². The molecule has 0 fully saturated rings. The molecule has 10 heteroatoms. The summed E-state index contributed by atoms with van der Waals surface area (Å²) in [6.07, 6.45) is 1.24. The van der Waals surface area contributed by atoms with E-state index in [1.807, 2.05) is 4.90 Å². The molecule has 7 nitrogen and oxygen atoms in total. The van der Waals surface area contributed by atoms with Crippen LogP contribution in [0.2, 0.25) is 5.02 Å². The molecule has 0 saturated carbocycles. The maximum Gasteiger partial charge on any atom is 0.211 e. The van der Waals surface area contributed by atoms with Crippen LogP contribution in [0.3, 0.4) is 0 Å². The molecule has 2 aromatic carbocycles. The topological polar surface area (TPSA) is 73.1 Å². The first-order valence-corrected chi connectivity index (χ1v) is 12.2. The highest BCUT2D eigenvalue weighted by atomic mass is 35.5. The number of halogens is 1. The van der Waals surface area contributed by atoms with Gasteiger partial charge in [0.25, 0.3) is 0 Å². The maximum absolute atomic E-state index is 12.9. The summed E-state index contributed by atoms with van der Waals surface area (Å²) in [5.74, 6) is 0.243. The Morgan fingerprint density at radius 2 is 2.13 bits per heavy atom. The average Bonchev–Trinajstić information content (AvgIpc) is 3.25.